The minimum absolute atomic E-state index is 0.0745. The molecule has 0 heterocycles. The monoisotopic (exact) mass is 276 g/mol. The molecule has 2 rings (SSSR count). The molecule has 0 radical (unpaired) electrons. The number of benzene rings is 1. The summed E-state index contributed by atoms with van der Waals surface area (Å²) in [7, 11) is -1.08. The first-order valence-corrected chi connectivity index (χ1v) is 7.85. The van der Waals surface area contributed by atoms with Gasteiger partial charge in [-0.2, -0.15) is 0 Å². The average Bonchev–Trinajstić information content (AvgIpc) is 2.70. The summed E-state index contributed by atoms with van der Waals surface area (Å²) in [6, 6.07) is 7.74. The normalized spacial score (nSPS) is 25.1. The molecule has 2 unspecified atom stereocenters. The standard InChI is InChI=1S/C16H20O2S/c1-13-4-6-15(7-5-13)19(18)11-3-9-16(2)10-8-14(17)12-16/h3-7,11H,8-10,12H2,1-2H3/b11-3+. The third-order valence-corrected chi connectivity index (χ3v) is 4.89. The van der Waals surface area contributed by atoms with Gasteiger partial charge in [-0.3, -0.25) is 4.79 Å². The maximum Gasteiger partial charge on any atom is 0.133 e. The molecule has 1 aromatic carbocycles. The molecule has 2 nitrogen and oxygen atoms in total. The molecular formula is C16H20O2S. The SMILES string of the molecule is Cc1ccc(S(=O)/C=C/CC2(C)CCC(=O)C2)cc1. The lowest BCUT2D eigenvalue weighted by atomic mass is 9.85. The van der Waals surface area contributed by atoms with Crippen molar-refractivity contribution in [1.29, 1.82) is 0 Å². The van der Waals surface area contributed by atoms with Crippen molar-refractivity contribution in [3.63, 3.8) is 0 Å². The van der Waals surface area contributed by atoms with Crippen LogP contribution in [0.15, 0.2) is 40.6 Å². The van der Waals surface area contributed by atoms with Gasteiger partial charge in [0.15, 0.2) is 0 Å². The molecule has 1 aliphatic carbocycles. The zero-order valence-corrected chi connectivity index (χ0v) is 12.3. The number of allylic oxidation sites excluding steroid dienone is 1. The van der Waals surface area contributed by atoms with Crippen molar-refractivity contribution < 1.29 is 9.00 Å². The Bertz CT molecular complexity index is 516. The molecule has 0 saturated heterocycles. The molecule has 0 aliphatic heterocycles. The van der Waals surface area contributed by atoms with E-state index in [1.165, 1.54) is 5.56 Å². The van der Waals surface area contributed by atoms with E-state index < -0.39 is 10.8 Å². The molecule has 19 heavy (non-hydrogen) atoms. The first-order valence-electron chi connectivity index (χ1n) is 6.64. The van der Waals surface area contributed by atoms with Crippen molar-refractivity contribution in [3.05, 3.63) is 41.3 Å². The number of ketones is 1. The molecule has 0 amide bonds. The second-order valence-corrected chi connectivity index (χ2v) is 7.05. The molecule has 3 heteroatoms. The highest BCUT2D eigenvalue weighted by Gasteiger charge is 2.32. The van der Waals surface area contributed by atoms with Gasteiger partial charge in [0.25, 0.3) is 0 Å². The van der Waals surface area contributed by atoms with Crippen LogP contribution in [0.2, 0.25) is 0 Å². The topological polar surface area (TPSA) is 34.1 Å². The van der Waals surface area contributed by atoms with Crippen LogP contribution in [0, 0.1) is 12.3 Å². The molecule has 1 fully saturated rings. The van der Waals surface area contributed by atoms with Gasteiger partial charge in [-0.1, -0.05) is 30.7 Å². The van der Waals surface area contributed by atoms with E-state index in [9.17, 15) is 9.00 Å². The number of carbonyl (C=O) groups excluding carboxylic acids is 1. The highest BCUT2D eigenvalue weighted by molar-refractivity contribution is 7.88. The average molecular weight is 276 g/mol. The molecule has 0 spiro atoms. The number of carbonyl (C=O) groups is 1. The van der Waals surface area contributed by atoms with Crippen LogP contribution in [0.4, 0.5) is 0 Å². The predicted octanol–water partition coefficient (Wildman–Crippen LogP) is 3.77. The Morgan fingerprint density at radius 3 is 2.58 bits per heavy atom. The van der Waals surface area contributed by atoms with Gasteiger partial charge in [-0.05, 0) is 37.3 Å². The Kier molecular flexibility index (Phi) is 4.35. The van der Waals surface area contributed by atoms with Gasteiger partial charge in [-0.25, -0.2) is 4.21 Å². The predicted molar refractivity (Wildman–Crippen MR) is 78.3 cm³/mol. The first-order chi connectivity index (χ1) is 8.98. The van der Waals surface area contributed by atoms with E-state index in [4.69, 9.17) is 0 Å². The fraction of sp³-hybridized carbons (Fsp3) is 0.438. The van der Waals surface area contributed by atoms with E-state index in [2.05, 4.69) is 6.92 Å². The maximum absolute atomic E-state index is 12.1. The van der Waals surface area contributed by atoms with Crippen LogP contribution in [0.5, 0.6) is 0 Å². The Morgan fingerprint density at radius 2 is 2.00 bits per heavy atom. The number of rotatable bonds is 4. The summed E-state index contributed by atoms with van der Waals surface area (Å²) in [4.78, 5) is 12.2. The summed E-state index contributed by atoms with van der Waals surface area (Å²) in [5.41, 5.74) is 1.24. The highest BCUT2D eigenvalue weighted by atomic mass is 32.2. The van der Waals surface area contributed by atoms with Crippen molar-refractivity contribution in [2.24, 2.45) is 5.41 Å². The van der Waals surface area contributed by atoms with Crippen LogP contribution in [0.3, 0.4) is 0 Å². The molecule has 0 N–H and O–H groups in total. The second kappa shape index (κ2) is 5.83. The van der Waals surface area contributed by atoms with Crippen LogP contribution in [0.25, 0.3) is 0 Å². The molecule has 102 valence electrons. The van der Waals surface area contributed by atoms with Gasteiger partial charge in [0.05, 0.1) is 10.8 Å². The van der Waals surface area contributed by atoms with E-state index in [1.807, 2.05) is 37.3 Å². The fourth-order valence-corrected chi connectivity index (χ4v) is 3.27. The molecule has 0 aromatic heterocycles. The molecule has 0 bridgehead atoms. The Hall–Kier alpha value is -1.22. The van der Waals surface area contributed by atoms with E-state index in [-0.39, 0.29) is 5.41 Å². The first kappa shape index (κ1) is 14.2. The molecular weight excluding hydrogens is 256 g/mol. The lowest BCUT2D eigenvalue weighted by molar-refractivity contribution is -0.117. The van der Waals surface area contributed by atoms with Crippen molar-refractivity contribution >= 4 is 16.6 Å². The number of hydrogen-bond donors (Lipinski definition) is 0. The summed E-state index contributed by atoms with van der Waals surface area (Å²) in [6.45, 7) is 4.15. The number of hydrogen-bond acceptors (Lipinski definition) is 2. The van der Waals surface area contributed by atoms with Crippen LogP contribution in [-0.4, -0.2) is 9.99 Å². The maximum atomic E-state index is 12.1. The molecule has 1 saturated carbocycles. The van der Waals surface area contributed by atoms with E-state index >= 15 is 0 Å². The second-order valence-electron chi connectivity index (χ2n) is 5.71. The zero-order valence-electron chi connectivity index (χ0n) is 11.5. The van der Waals surface area contributed by atoms with E-state index in [0.717, 1.165) is 17.7 Å². The van der Waals surface area contributed by atoms with Crippen molar-refractivity contribution in [1.82, 2.24) is 0 Å². The minimum Gasteiger partial charge on any atom is -0.300 e. The van der Waals surface area contributed by atoms with Gasteiger partial charge in [0.2, 0.25) is 0 Å². The summed E-state index contributed by atoms with van der Waals surface area (Å²) < 4.78 is 12.1. The smallest absolute Gasteiger partial charge is 0.133 e. The summed E-state index contributed by atoms with van der Waals surface area (Å²) in [5, 5.41) is 1.75. The summed E-state index contributed by atoms with van der Waals surface area (Å²) in [6.07, 6.45) is 5.11. The van der Waals surface area contributed by atoms with Crippen molar-refractivity contribution in [2.75, 3.05) is 0 Å². The number of aryl methyl sites for hydroxylation is 1. The number of Topliss-reactive ketones (excluding diaryl/α,β-unsaturated/α-hetero) is 1. The van der Waals surface area contributed by atoms with Gasteiger partial charge in [0, 0.05) is 23.1 Å². The molecule has 1 aliphatic rings. The Balaban J connectivity index is 1.94. The van der Waals surface area contributed by atoms with Crippen LogP contribution >= 0.6 is 0 Å². The third kappa shape index (κ3) is 3.87. The van der Waals surface area contributed by atoms with Crippen molar-refractivity contribution in [2.45, 2.75) is 44.4 Å². The quantitative estimate of drug-likeness (QED) is 0.839. The van der Waals surface area contributed by atoms with Crippen LogP contribution < -0.4 is 0 Å². The zero-order chi connectivity index (χ0) is 13.9. The van der Waals surface area contributed by atoms with E-state index in [0.29, 0.717) is 18.6 Å². The highest BCUT2D eigenvalue weighted by Crippen LogP contribution is 2.38. The largest absolute Gasteiger partial charge is 0.300 e. The van der Waals surface area contributed by atoms with Gasteiger partial charge < -0.3 is 0 Å². The van der Waals surface area contributed by atoms with Crippen LogP contribution in [-0.2, 0) is 15.6 Å². The van der Waals surface area contributed by atoms with Gasteiger partial charge in [0.1, 0.15) is 5.78 Å². The summed E-state index contributed by atoms with van der Waals surface area (Å²) >= 11 is 0. The molecule has 1 aromatic rings. The minimum atomic E-state index is -1.08. The lowest BCUT2D eigenvalue weighted by Gasteiger charge is -2.19. The van der Waals surface area contributed by atoms with Crippen molar-refractivity contribution in [3.8, 4) is 0 Å². The summed E-state index contributed by atoms with van der Waals surface area (Å²) in [5.74, 6) is 0.357. The van der Waals surface area contributed by atoms with Gasteiger partial charge >= 0.3 is 0 Å². The van der Waals surface area contributed by atoms with Gasteiger partial charge in [-0.15, -0.1) is 0 Å². The van der Waals surface area contributed by atoms with Crippen LogP contribution in [0.1, 0.15) is 38.2 Å². The third-order valence-electron chi connectivity index (χ3n) is 3.72. The van der Waals surface area contributed by atoms with E-state index in [1.54, 1.807) is 5.41 Å². The fourth-order valence-electron chi connectivity index (χ4n) is 2.44. The Morgan fingerprint density at radius 1 is 1.32 bits per heavy atom. The molecule has 2 atom stereocenters. The Labute approximate surface area is 117 Å². The lowest BCUT2D eigenvalue weighted by Crippen LogP contribution is -2.10.